The lowest BCUT2D eigenvalue weighted by Gasteiger charge is -2.33. The molecule has 0 aromatic heterocycles. The topological polar surface area (TPSA) is 95.9 Å². The highest BCUT2D eigenvalue weighted by molar-refractivity contribution is 5.86. The maximum absolute atomic E-state index is 13.3. The largest absolute Gasteiger partial charge is 0.480 e. The van der Waals surface area contributed by atoms with Gasteiger partial charge < -0.3 is 14.7 Å². The van der Waals surface area contributed by atoms with Crippen LogP contribution in [0, 0.1) is 0 Å². The third-order valence-electron chi connectivity index (χ3n) is 5.97. The smallest absolute Gasteiger partial charge is 0.323 e. The number of rotatable bonds is 12. The first-order valence-electron chi connectivity index (χ1n) is 11.9. The highest BCUT2D eigenvalue weighted by Gasteiger charge is 2.32. The first-order valence-corrected chi connectivity index (χ1v) is 11.9. The molecule has 1 fully saturated rings. The summed E-state index contributed by atoms with van der Waals surface area (Å²) >= 11 is 0. The van der Waals surface area contributed by atoms with E-state index in [0.29, 0.717) is 19.4 Å². The second-order valence-corrected chi connectivity index (χ2v) is 8.64. The molecule has 1 aliphatic rings. The SMILES string of the molecule is CCCOC(=O)C(CCc1ccccc1)N[C@@H](C)C(=O)N(CC(=O)O)C1CCCCCC1. The van der Waals surface area contributed by atoms with Gasteiger partial charge in [-0.05, 0) is 44.6 Å². The first kappa shape index (κ1) is 25.8. The van der Waals surface area contributed by atoms with Gasteiger partial charge in [0.05, 0.1) is 12.6 Å². The van der Waals surface area contributed by atoms with Crippen molar-refractivity contribution in [1.29, 1.82) is 0 Å². The fourth-order valence-electron chi connectivity index (χ4n) is 4.25. The first-order chi connectivity index (χ1) is 15.4. The Morgan fingerprint density at radius 3 is 2.38 bits per heavy atom. The molecule has 1 aromatic rings. The van der Waals surface area contributed by atoms with Crippen LogP contribution in [0.25, 0.3) is 0 Å². The summed E-state index contributed by atoms with van der Waals surface area (Å²) in [6, 6.07) is 8.47. The lowest BCUT2D eigenvalue weighted by molar-refractivity contribution is -0.149. The summed E-state index contributed by atoms with van der Waals surface area (Å²) in [5, 5.41) is 12.6. The van der Waals surface area contributed by atoms with E-state index in [1.54, 1.807) is 6.92 Å². The molecule has 0 radical (unpaired) electrons. The molecule has 2 rings (SSSR count). The molecule has 0 spiro atoms. The zero-order valence-corrected chi connectivity index (χ0v) is 19.4. The van der Waals surface area contributed by atoms with Crippen molar-refractivity contribution in [3.63, 3.8) is 0 Å². The van der Waals surface area contributed by atoms with Crippen molar-refractivity contribution in [2.45, 2.75) is 89.8 Å². The van der Waals surface area contributed by atoms with Crippen LogP contribution >= 0.6 is 0 Å². The molecule has 1 unspecified atom stereocenters. The summed E-state index contributed by atoms with van der Waals surface area (Å²) in [5.74, 6) is -1.66. The highest BCUT2D eigenvalue weighted by atomic mass is 16.5. The van der Waals surface area contributed by atoms with Gasteiger partial charge in [-0.25, -0.2) is 0 Å². The molecule has 1 aliphatic carbocycles. The second kappa shape index (κ2) is 13.9. The molecule has 1 aromatic carbocycles. The van der Waals surface area contributed by atoms with Gasteiger partial charge in [0, 0.05) is 6.04 Å². The Hall–Kier alpha value is -2.41. The number of benzene rings is 1. The number of esters is 1. The summed E-state index contributed by atoms with van der Waals surface area (Å²) < 4.78 is 5.36. The Kier molecular flexibility index (Phi) is 11.2. The quantitative estimate of drug-likeness (QED) is 0.377. The van der Waals surface area contributed by atoms with Crippen molar-refractivity contribution in [2.24, 2.45) is 0 Å². The van der Waals surface area contributed by atoms with Crippen LogP contribution in [0.5, 0.6) is 0 Å². The molecular weight excluding hydrogens is 408 g/mol. The van der Waals surface area contributed by atoms with Crippen LogP contribution in [0.1, 0.15) is 70.8 Å². The molecule has 0 aliphatic heterocycles. The number of hydrogen-bond acceptors (Lipinski definition) is 5. The number of ether oxygens (including phenoxy) is 1. The van der Waals surface area contributed by atoms with Gasteiger partial charge in [-0.15, -0.1) is 0 Å². The molecule has 0 bridgehead atoms. The number of carbonyl (C=O) groups is 3. The van der Waals surface area contributed by atoms with Crippen LogP contribution in [0.15, 0.2) is 30.3 Å². The summed E-state index contributed by atoms with van der Waals surface area (Å²) in [4.78, 5) is 38.9. The summed E-state index contributed by atoms with van der Waals surface area (Å²) in [5.41, 5.74) is 1.10. The van der Waals surface area contributed by atoms with Crippen molar-refractivity contribution in [2.75, 3.05) is 13.2 Å². The highest BCUT2D eigenvalue weighted by Crippen LogP contribution is 2.22. The van der Waals surface area contributed by atoms with E-state index in [1.165, 1.54) is 4.90 Å². The van der Waals surface area contributed by atoms with E-state index < -0.39 is 18.1 Å². The van der Waals surface area contributed by atoms with Crippen LogP contribution in [0.4, 0.5) is 0 Å². The molecule has 0 saturated heterocycles. The molecule has 32 heavy (non-hydrogen) atoms. The number of hydrogen-bond donors (Lipinski definition) is 2. The third kappa shape index (κ3) is 8.61. The molecular formula is C25H38N2O5. The molecule has 2 atom stereocenters. The Balaban J connectivity index is 2.08. The summed E-state index contributed by atoms with van der Waals surface area (Å²) in [7, 11) is 0. The average molecular weight is 447 g/mol. The number of aryl methyl sites for hydroxylation is 1. The Morgan fingerprint density at radius 1 is 1.12 bits per heavy atom. The van der Waals surface area contributed by atoms with Gasteiger partial charge in [-0.3, -0.25) is 19.7 Å². The lowest BCUT2D eigenvalue weighted by Crippen LogP contribution is -2.54. The second-order valence-electron chi connectivity index (χ2n) is 8.64. The van der Waals surface area contributed by atoms with Crippen molar-refractivity contribution in [3.8, 4) is 0 Å². The average Bonchev–Trinajstić information content (AvgIpc) is 3.08. The molecule has 2 N–H and O–H groups in total. The summed E-state index contributed by atoms with van der Waals surface area (Å²) in [6.45, 7) is 3.65. The minimum atomic E-state index is -1.02. The van der Waals surface area contributed by atoms with Crippen molar-refractivity contribution in [1.82, 2.24) is 10.2 Å². The number of amides is 1. The number of carbonyl (C=O) groups excluding carboxylic acids is 2. The van der Waals surface area contributed by atoms with E-state index in [9.17, 15) is 19.5 Å². The van der Waals surface area contributed by atoms with Crippen LogP contribution in [0.3, 0.4) is 0 Å². The molecule has 1 saturated carbocycles. The number of carboxylic acid groups (broad SMARTS) is 1. The van der Waals surface area contributed by atoms with Gasteiger partial charge >= 0.3 is 11.9 Å². The van der Waals surface area contributed by atoms with Crippen LogP contribution < -0.4 is 5.32 Å². The molecule has 1 amide bonds. The van der Waals surface area contributed by atoms with Gasteiger partial charge in [0.1, 0.15) is 12.6 Å². The number of carboxylic acids is 1. The zero-order chi connectivity index (χ0) is 23.3. The Morgan fingerprint density at radius 2 is 1.78 bits per heavy atom. The molecule has 0 heterocycles. The van der Waals surface area contributed by atoms with Gasteiger partial charge in [-0.1, -0.05) is 62.9 Å². The Labute approximate surface area is 191 Å². The van der Waals surface area contributed by atoms with E-state index in [4.69, 9.17) is 4.74 Å². The van der Waals surface area contributed by atoms with Crippen LogP contribution in [0.2, 0.25) is 0 Å². The molecule has 7 heteroatoms. The number of aliphatic carboxylic acids is 1. The van der Waals surface area contributed by atoms with Crippen LogP contribution in [-0.2, 0) is 25.5 Å². The zero-order valence-electron chi connectivity index (χ0n) is 19.4. The number of nitrogens with zero attached hydrogens (tertiary/aromatic N) is 1. The maximum atomic E-state index is 13.3. The predicted molar refractivity (Wildman–Crippen MR) is 123 cm³/mol. The minimum absolute atomic E-state index is 0.0693. The van der Waals surface area contributed by atoms with E-state index in [-0.39, 0.29) is 24.5 Å². The molecule has 178 valence electrons. The van der Waals surface area contributed by atoms with Crippen molar-refractivity contribution < 1.29 is 24.2 Å². The summed E-state index contributed by atoms with van der Waals surface area (Å²) in [6.07, 6.45) is 7.75. The number of nitrogens with one attached hydrogen (secondary N) is 1. The van der Waals surface area contributed by atoms with Crippen molar-refractivity contribution >= 4 is 17.8 Å². The molecule has 7 nitrogen and oxygen atoms in total. The normalized spacial score (nSPS) is 16.6. The van der Waals surface area contributed by atoms with E-state index in [0.717, 1.165) is 50.5 Å². The Bertz CT molecular complexity index is 716. The maximum Gasteiger partial charge on any atom is 0.323 e. The van der Waals surface area contributed by atoms with E-state index in [1.807, 2.05) is 37.3 Å². The van der Waals surface area contributed by atoms with Gasteiger partial charge in [0.25, 0.3) is 0 Å². The fraction of sp³-hybridized carbons (Fsp3) is 0.640. The van der Waals surface area contributed by atoms with Gasteiger partial charge in [0.15, 0.2) is 0 Å². The lowest BCUT2D eigenvalue weighted by atomic mass is 10.0. The van der Waals surface area contributed by atoms with Crippen molar-refractivity contribution in [3.05, 3.63) is 35.9 Å². The van der Waals surface area contributed by atoms with E-state index >= 15 is 0 Å². The predicted octanol–water partition coefficient (Wildman–Crippen LogP) is 3.56. The fourth-order valence-corrected chi connectivity index (χ4v) is 4.25. The van der Waals surface area contributed by atoms with Gasteiger partial charge in [0.2, 0.25) is 5.91 Å². The third-order valence-corrected chi connectivity index (χ3v) is 5.97. The monoisotopic (exact) mass is 446 g/mol. The standard InChI is InChI=1S/C25H38N2O5/c1-3-17-32-25(31)22(16-15-20-11-7-6-8-12-20)26-19(2)24(30)27(18-23(28)29)21-13-9-4-5-10-14-21/h6-8,11-12,19,21-22,26H,3-5,9-10,13-18H2,1-2H3,(H,28,29)/t19-,22?/m0/s1. The van der Waals surface area contributed by atoms with Gasteiger partial charge in [-0.2, -0.15) is 0 Å². The van der Waals surface area contributed by atoms with E-state index in [2.05, 4.69) is 5.32 Å². The van der Waals surface area contributed by atoms with Crippen LogP contribution in [-0.4, -0.2) is 59.1 Å². The minimum Gasteiger partial charge on any atom is -0.480 e.